The van der Waals surface area contributed by atoms with Crippen molar-refractivity contribution in [2.45, 2.75) is 50.5 Å². The maximum atomic E-state index is 13.3. The van der Waals surface area contributed by atoms with E-state index in [1.54, 1.807) is 12.1 Å². The molecule has 2 aromatic rings. The topological polar surface area (TPSA) is 75.7 Å². The fraction of sp³-hybridized carbons (Fsp3) is 0.458. The van der Waals surface area contributed by atoms with Crippen LogP contribution in [0.5, 0.6) is 5.75 Å². The molecule has 0 radical (unpaired) electrons. The van der Waals surface area contributed by atoms with Crippen molar-refractivity contribution in [2.24, 2.45) is 5.92 Å². The molecule has 31 heavy (non-hydrogen) atoms. The minimum absolute atomic E-state index is 0.0206. The van der Waals surface area contributed by atoms with Gasteiger partial charge in [0.1, 0.15) is 10.6 Å². The van der Waals surface area contributed by atoms with Crippen LogP contribution in [0.25, 0.3) is 0 Å². The Kier molecular flexibility index (Phi) is 7.38. The lowest BCUT2D eigenvalue weighted by Crippen LogP contribution is -2.43. The van der Waals surface area contributed by atoms with E-state index in [1.165, 1.54) is 11.4 Å². The number of rotatable bonds is 7. The number of carbonyl (C=O) groups excluding carboxylic acids is 1. The Morgan fingerprint density at radius 2 is 1.68 bits per heavy atom. The zero-order valence-corrected chi connectivity index (χ0v) is 19.5. The summed E-state index contributed by atoms with van der Waals surface area (Å²) in [7, 11) is -2.22. The molecule has 168 valence electrons. The molecule has 0 aliphatic carbocycles. The minimum Gasteiger partial charge on any atom is -0.495 e. The van der Waals surface area contributed by atoms with Crippen molar-refractivity contribution < 1.29 is 17.9 Å². The van der Waals surface area contributed by atoms with Crippen LogP contribution in [0.2, 0.25) is 0 Å². The first-order valence-electron chi connectivity index (χ1n) is 10.8. The lowest BCUT2D eigenvalue weighted by molar-refractivity contribution is -0.126. The van der Waals surface area contributed by atoms with Gasteiger partial charge in [0.25, 0.3) is 0 Å². The maximum absolute atomic E-state index is 13.3. The summed E-state index contributed by atoms with van der Waals surface area (Å²) in [6.45, 7) is 6.64. The molecule has 0 bridgehead atoms. The summed E-state index contributed by atoms with van der Waals surface area (Å²) in [5.41, 5.74) is 2.00. The smallest absolute Gasteiger partial charge is 0.246 e. The molecule has 1 aliphatic rings. The van der Waals surface area contributed by atoms with E-state index in [2.05, 4.69) is 5.32 Å². The predicted molar refractivity (Wildman–Crippen MR) is 122 cm³/mol. The standard InChI is InChI=1S/C24H32N2O4S/c1-17(2)21-10-11-22(30-4)23(16-21)31(28,29)26-14-12-20(13-15-26)24(27)25-18(3)19-8-6-5-7-9-19/h5-11,16-18,20H,12-15H2,1-4H3,(H,25,27). The van der Waals surface area contributed by atoms with Gasteiger partial charge in [-0.25, -0.2) is 8.42 Å². The van der Waals surface area contributed by atoms with Gasteiger partial charge in [-0.3, -0.25) is 4.79 Å². The van der Waals surface area contributed by atoms with Gasteiger partial charge in [-0.15, -0.1) is 0 Å². The Bertz CT molecular complexity index is 997. The summed E-state index contributed by atoms with van der Waals surface area (Å²) >= 11 is 0. The third-order valence-corrected chi connectivity index (χ3v) is 7.88. The van der Waals surface area contributed by atoms with Crippen LogP contribution >= 0.6 is 0 Å². The van der Waals surface area contributed by atoms with E-state index in [1.807, 2.05) is 57.2 Å². The van der Waals surface area contributed by atoms with Crippen LogP contribution in [-0.2, 0) is 14.8 Å². The zero-order chi connectivity index (χ0) is 22.6. The molecule has 6 nitrogen and oxygen atoms in total. The van der Waals surface area contributed by atoms with Crippen molar-refractivity contribution in [3.8, 4) is 5.75 Å². The SMILES string of the molecule is COc1ccc(C(C)C)cc1S(=O)(=O)N1CCC(C(=O)NC(C)c2ccccc2)CC1. The molecule has 1 fully saturated rings. The molecule has 1 N–H and O–H groups in total. The van der Waals surface area contributed by atoms with Gasteiger partial charge in [0.2, 0.25) is 15.9 Å². The number of hydrogen-bond acceptors (Lipinski definition) is 4. The van der Waals surface area contributed by atoms with Crippen molar-refractivity contribution in [1.82, 2.24) is 9.62 Å². The number of methoxy groups -OCH3 is 1. The monoisotopic (exact) mass is 444 g/mol. The molecule has 1 amide bonds. The largest absolute Gasteiger partial charge is 0.495 e. The maximum Gasteiger partial charge on any atom is 0.246 e. The minimum atomic E-state index is -3.70. The highest BCUT2D eigenvalue weighted by molar-refractivity contribution is 7.89. The Hall–Kier alpha value is -2.38. The molecule has 1 aliphatic heterocycles. The number of sulfonamides is 1. The highest BCUT2D eigenvalue weighted by Gasteiger charge is 2.34. The molecule has 1 atom stereocenters. The van der Waals surface area contributed by atoms with Crippen LogP contribution in [0.15, 0.2) is 53.4 Å². The third-order valence-electron chi connectivity index (χ3n) is 5.96. The fourth-order valence-corrected chi connectivity index (χ4v) is 5.57. The van der Waals surface area contributed by atoms with Crippen LogP contribution in [-0.4, -0.2) is 38.8 Å². The number of nitrogens with one attached hydrogen (secondary N) is 1. The van der Waals surface area contributed by atoms with E-state index in [4.69, 9.17) is 4.74 Å². The van der Waals surface area contributed by atoms with Gasteiger partial charge in [0.05, 0.1) is 13.2 Å². The van der Waals surface area contributed by atoms with E-state index in [-0.39, 0.29) is 28.7 Å². The van der Waals surface area contributed by atoms with Crippen molar-refractivity contribution >= 4 is 15.9 Å². The summed E-state index contributed by atoms with van der Waals surface area (Å²) in [4.78, 5) is 12.9. The molecule has 7 heteroatoms. The van der Waals surface area contributed by atoms with Crippen LogP contribution in [0.4, 0.5) is 0 Å². The molecular weight excluding hydrogens is 412 g/mol. The average molecular weight is 445 g/mol. The first kappa shape index (κ1) is 23.3. The number of amides is 1. The van der Waals surface area contributed by atoms with Gasteiger partial charge < -0.3 is 10.1 Å². The highest BCUT2D eigenvalue weighted by atomic mass is 32.2. The molecule has 0 spiro atoms. The van der Waals surface area contributed by atoms with Gasteiger partial charge in [-0.1, -0.05) is 50.2 Å². The number of hydrogen-bond donors (Lipinski definition) is 1. The summed E-state index contributed by atoms with van der Waals surface area (Å²) < 4.78 is 33.5. The summed E-state index contributed by atoms with van der Waals surface area (Å²) in [6.07, 6.45) is 0.998. The summed E-state index contributed by atoms with van der Waals surface area (Å²) in [5, 5.41) is 3.06. The lowest BCUT2D eigenvalue weighted by Gasteiger charge is -2.31. The van der Waals surface area contributed by atoms with Gasteiger partial charge in [-0.05, 0) is 48.9 Å². The van der Waals surface area contributed by atoms with Crippen molar-refractivity contribution in [3.63, 3.8) is 0 Å². The number of nitrogens with zero attached hydrogens (tertiary/aromatic N) is 1. The number of ether oxygens (including phenoxy) is 1. The molecule has 0 saturated carbocycles. The van der Waals surface area contributed by atoms with Gasteiger partial charge in [-0.2, -0.15) is 4.31 Å². The second kappa shape index (κ2) is 9.83. The normalized spacial score (nSPS) is 16.8. The van der Waals surface area contributed by atoms with Crippen molar-refractivity contribution in [2.75, 3.05) is 20.2 Å². The second-order valence-electron chi connectivity index (χ2n) is 8.38. The molecule has 3 rings (SSSR count). The summed E-state index contributed by atoms with van der Waals surface area (Å²) in [6, 6.07) is 15.0. The van der Waals surface area contributed by atoms with Gasteiger partial charge in [0, 0.05) is 19.0 Å². The Balaban J connectivity index is 1.67. The van der Waals surface area contributed by atoms with Gasteiger partial charge in [0.15, 0.2) is 0 Å². The number of benzene rings is 2. The lowest BCUT2D eigenvalue weighted by atomic mass is 9.96. The molecule has 1 unspecified atom stereocenters. The van der Waals surface area contributed by atoms with E-state index in [9.17, 15) is 13.2 Å². The van der Waals surface area contributed by atoms with Crippen LogP contribution in [0.1, 0.15) is 56.7 Å². The highest BCUT2D eigenvalue weighted by Crippen LogP contribution is 2.32. The van der Waals surface area contributed by atoms with E-state index >= 15 is 0 Å². The number of carbonyl (C=O) groups is 1. The Labute approximate surface area is 185 Å². The Morgan fingerprint density at radius 3 is 2.26 bits per heavy atom. The van der Waals surface area contributed by atoms with E-state index in [0.717, 1.165) is 11.1 Å². The van der Waals surface area contributed by atoms with Gasteiger partial charge >= 0.3 is 0 Å². The summed E-state index contributed by atoms with van der Waals surface area (Å²) in [5.74, 6) is 0.344. The van der Waals surface area contributed by atoms with Crippen LogP contribution in [0.3, 0.4) is 0 Å². The second-order valence-corrected chi connectivity index (χ2v) is 10.3. The first-order chi connectivity index (χ1) is 14.7. The third kappa shape index (κ3) is 5.28. The fourth-order valence-electron chi connectivity index (χ4n) is 3.91. The van der Waals surface area contributed by atoms with Crippen LogP contribution in [0, 0.1) is 5.92 Å². The molecule has 0 aromatic heterocycles. The van der Waals surface area contributed by atoms with Crippen molar-refractivity contribution in [3.05, 3.63) is 59.7 Å². The average Bonchev–Trinajstić information content (AvgIpc) is 2.79. The van der Waals surface area contributed by atoms with Crippen LogP contribution < -0.4 is 10.1 Å². The Morgan fingerprint density at radius 1 is 1.03 bits per heavy atom. The first-order valence-corrected chi connectivity index (χ1v) is 12.2. The molecule has 2 aromatic carbocycles. The van der Waals surface area contributed by atoms with E-state index < -0.39 is 10.0 Å². The predicted octanol–water partition coefficient (Wildman–Crippen LogP) is 4.10. The number of piperidine rings is 1. The molecular formula is C24H32N2O4S. The quantitative estimate of drug-likeness (QED) is 0.698. The zero-order valence-electron chi connectivity index (χ0n) is 18.7. The molecule has 1 heterocycles. The molecule has 1 saturated heterocycles. The van der Waals surface area contributed by atoms with E-state index in [0.29, 0.717) is 31.7 Å². The van der Waals surface area contributed by atoms with Crippen molar-refractivity contribution in [1.29, 1.82) is 0 Å².